The molecular weight excluding hydrogens is 266 g/mol. The number of hydrogen-bond acceptors (Lipinski definition) is 4. The number of piperazine rings is 1. The molecule has 1 aliphatic carbocycles. The molecule has 1 unspecified atom stereocenters. The van der Waals surface area contributed by atoms with Crippen LogP contribution < -0.4 is 5.73 Å². The first-order valence-corrected chi connectivity index (χ1v) is 8.34. The van der Waals surface area contributed by atoms with Gasteiger partial charge < -0.3 is 15.4 Å². The second-order valence-corrected chi connectivity index (χ2v) is 7.35. The second-order valence-electron chi connectivity index (χ2n) is 7.35. The molecule has 5 heteroatoms. The van der Waals surface area contributed by atoms with Gasteiger partial charge in [0.2, 0.25) is 0 Å². The Morgan fingerprint density at radius 1 is 1.19 bits per heavy atom. The molecule has 5 nitrogen and oxygen atoms in total. The fraction of sp³-hybridized carbons (Fsp3) is 0.938. The minimum Gasteiger partial charge on any atom is -0.444 e. The van der Waals surface area contributed by atoms with Crippen LogP contribution in [0.2, 0.25) is 0 Å². The lowest BCUT2D eigenvalue weighted by atomic mass is 9.92. The SMILES string of the molecule is CC(C)(C)OC(=O)N1CCN(C2CCCCC2)C(CN)C1. The number of hydrogen-bond donors (Lipinski definition) is 1. The van der Waals surface area contributed by atoms with Gasteiger partial charge in [0.25, 0.3) is 0 Å². The van der Waals surface area contributed by atoms with Gasteiger partial charge in [0, 0.05) is 38.3 Å². The minimum atomic E-state index is -0.435. The van der Waals surface area contributed by atoms with Crippen molar-refractivity contribution >= 4 is 6.09 Å². The van der Waals surface area contributed by atoms with Crippen LogP contribution in [-0.4, -0.2) is 59.8 Å². The topological polar surface area (TPSA) is 58.8 Å². The van der Waals surface area contributed by atoms with E-state index in [0.717, 1.165) is 13.1 Å². The molecule has 0 aromatic heterocycles. The molecule has 0 spiro atoms. The van der Waals surface area contributed by atoms with Crippen LogP contribution in [0.1, 0.15) is 52.9 Å². The predicted octanol–water partition coefficient (Wildman–Crippen LogP) is 2.20. The molecule has 1 heterocycles. The third kappa shape index (κ3) is 4.58. The normalized spacial score (nSPS) is 25.9. The van der Waals surface area contributed by atoms with Crippen molar-refractivity contribution in [1.82, 2.24) is 9.80 Å². The largest absolute Gasteiger partial charge is 0.444 e. The van der Waals surface area contributed by atoms with Crippen molar-refractivity contribution in [2.45, 2.75) is 70.6 Å². The molecule has 2 rings (SSSR count). The van der Waals surface area contributed by atoms with Crippen molar-refractivity contribution in [2.24, 2.45) is 5.73 Å². The van der Waals surface area contributed by atoms with E-state index in [1.54, 1.807) is 0 Å². The zero-order chi connectivity index (χ0) is 15.5. The molecule has 0 radical (unpaired) electrons. The van der Waals surface area contributed by atoms with Crippen molar-refractivity contribution in [3.05, 3.63) is 0 Å². The molecule has 1 atom stereocenters. The maximum Gasteiger partial charge on any atom is 0.410 e. The maximum absolute atomic E-state index is 12.2. The molecule has 2 N–H and O–H groups in total. The van der Waals surface area contributed by atoms with Crippen molar-refractivity contribution < 1.29 is 9.53 Å². The fourth-order valence-electron chi connectivity index (χ4n) is 3.46. The third-order valence-corrected chi connectivity index (χ3v) is 4.50. The van der Waals surface area contributed by atoms with Crippen LogP contribution in [0.15, 0.2) is 0 Å². The Hall–Kier alpha value is -0.810. The predicted molar refractivity (Wildman–Crippen MR) is 84.2 cm³/mol. The van der Waals surface area contributed by atoms with Crippen LogP contribution in [0.25, 0.3) is 0 Å². The number of nitrogens with two attached hydrogens (primary N) is 1. The number of amides is 1. The van der Waals surface area contributed by atoms with Crippen LogP contribution in [-0.2, 0) is 4.74 Å². The first-order chi connectivity index (χ1) is 9.90. The lowest BCUT2D eigenvalue weighted by Crippen LogP contribution is -2.60. The highest BCUT2D eigenvalue weighted by Crippen LogP contribution is 2.26. The number of carbonyl (C=O) groups excluding carboxylic acids is 1. The summed E-state index contributed by atoms with van der Waals surface area (Å²) in [6.45, 7) is 8.70. The molecule has 1 aliphatic heterocycles. The van der Waals surface area contributed by atoms with Gasteiger partial charge in [-0.3, -0.25) is 4.90 Å². The Morgan fingerprint density at radius 3 is 2.43 bits per heavy atom. The summed E-state index contributed by atoms with van der Waals surface area (Å²) in [7, 11) is 0. The van der Waals surface area contributed by atoms with Gasteiger partial charge in [-0.25, -0.2) is 4.79 Å². The first kappa shape index (κ1) is 16.6. The van der Waals surface area contributed by atoms with E-state index in [-0.39, 0.29) is 12.1 Å². The summed E-state index contributed by atoms with van der Waals surface area (Å²) in [5, 5.41) is 0. The molecule has 2 aliphatic rings. The Bertz CT molecular complexity index is 348. The lowest BCUT2D eigenvalue weighted by molar-refractivity contribution is -0.00725. The average molecular weight is 297 g/mol. The summed E-state index contributed by atoms with van der Waals surface area (Å²) in [6.07, 6.45) is 6.37. The quantitative estimate of drug-likeness (QED) is 0.849. The molecule has 2 fully saturated rings. The van der Waals surface area contributed by atoms with Crippen LogP contribution in [0, 0.1) is 0 Å². The van der Waals surface area contributed by atoms with Gasteiger partial charge in [-0.15, -0.1) is 0 Å². The summed E-state index contributed by atoms with van der Waals surface area (Å²) in [6, 6.07) is 0.933. The monoisotopic (exact) mass is 297 g/mol. The second kappa shape index (κ2) is 6.97. The molecule has 21 heavy (non-hydrogen) atoms. The molecule has 1 amide bonds. The highest BCUT2D eigenvalue weighted by Gasteiger charge is 2.34. The Morgan fingerprint density at radius 2 is 1.86 bits per heavy atom. The summed E-state index contributed by atoms with van der Waals surface area (Å²) in [4.78, 5) is 16.6. The molecule has 0 aromatic rings. The van der Waals surface area contributed by atoms with Gasteiger partial charge >= 0.3 is 6.09 Å². The van der Waals surface area contributed by atoms with E-state index in [2.05, 4.69) is 4.90 Å². The number of nitrogens with zero attached hydrogens (tertiary/aromatic N) is 2. The van der Waals surface area contributed by atoms with E-state index >= 15 is 0 Å². The molecular formula is C16H31N3O2. The summed E-state index contributed by atoms with van der Waals surface area (Å²) >= 11 is 0. The Labute approximate surface area is 128 Å². The highest BCUT2D eigenvalue weighted by molar-refractivity contribution is 5.68. The van der Waals surface area contributed by atoms with E-state index in [4.69, 9.17) is 10.5 Å². The Balaban J connectivity index is 1.92. The van der Waals surface area contributed by atoms with E-state index in [1.165, 1.54) is 32.1 Å². The van der Waals surface area contributed by atoms with Crippen molar-refractivity contribution in [2.75, 3.05) is 26.2 Å². The van der Waals surface area contributed by atoms with Crippen LogP contribution in [0.5, 0.6) is 0 Å². The third-order valence-electron chi connectivity index (χ3n) is 4.50. The van der Waals surface area contributed by atoms with Gasteiger partial charge in [0.15, 0.2) is 0 Å². The van der Waals surface area contributed by atoms with Crippen LogP contribution in [0.3, 0.4) is 0 Å². The van der Waals surface area contributed by atoms with E-state index in [1.807, 2.05) is 25.7 Å². The van der Waals surface area contributed by atoms with Gasteiger partial charge in [-0.2, -0.15) is 0 Å². The average Bonchev–Trinajstić information content (AvgIpc) is 2.45. The van der Waals surface area contributed by atoms with Crippen molar-refractivity contribution in [3.8, 4) is 0 Å². The first-order valence-electron chi connectivity index (χ1n) is 8.34. The summed E-state index contributed by atoms with van der Waals surface area (Å²) in [5.74, 6) is 0. The lowest BCUT2D eigenvalue weighted by Gasteiger charge is -2.46. The van der Waals surface area contributed by atoms with E-state index in [0.29, 0.717) is 19.1 Å². The molecule has 1 saturated heterocycles. The highest BCUT2D eigenvalue weighted by atomic mass is 16.6. The van der Waals surface area contributed by atoms with Crippen LogP contribution >= 0.6 is 0 Å². The van der Waals surface area contributed by atoms with Gasteiger partial charge in [0.05, 0.1) is 0 Å². The molecule has 1 saturated carbocycles. The summed E-state index contributed by atoms with van der Waals surface area (Å²) < 4.78 is 5.48. The fourth-order valence-corrected chi connectivity index (χ4v) is 3.46. The summed E-state index contributed by atoms with van der Waals surface area (Å²) in [5.41, 5.74) is 5.53. The standard InChI is InChI=1S/C16H31N3O2/c1-16(2,3)21-15(20)18-9-10-19(14(11-17)12-18)13-7-5-4-6-8-13/h13-14H,4-12,17H2,1-3H3. The zero-order valence-electron chi connectivity index (χ0n) is 13.8. The smallest absolute Gasteiger partial charge is 0.410 e. The van der Waals surface area contributed by atoms with E-state index in [9.17, 15) is 4.79 Å². The molecule has 0 aromatic carbocycles. The minimum absolute atomic E-state index is 0.204. The Kier molecular flexibility index (Phi) is 5.49. The molecule has 0 bridgehead atoms. The molecule has 122 valence electrons. The van der Waals surface area contributed by atoms with Crippen molar-refractivity contribution in [3.63, 3.8) is 0 Å². The zero-order valence-corrected chi connectivity index (χ0v) is 13.8. The van der Waals surface area contributed by atoms with Crippen LogP contribution in [0.4, 0.5) is 4.79 Å². The maximum atomic E-state index is 12.2. The van der Waals surface area contributed by atoms with Gasteiger partial charge in [-0.1, -0.05) is 19.3 Å². The van der Waals surface area contributed by atoms with E-state index < -0.39 is 5.60 Å². The number of ether oxygens (including phenoxy) is 1. The van der Waals surface area contributed by atoms with Crippen molar-refractivity contribution in [1.29, 1.82) is 0 Å². The van der Waals surface area contributed by atoms with Gasteiger partial charge in [0.1, 0.15) is 5.60 Å². The number of rotatable bonds is 2. The number of carbonyl (C=O) groups is 1. The van der Waals surface area contributed by atoms with Gasteiger partial charge in [-0.05, 0) is 33.6 Å².